The number of rotatable bonds is 5. The van der Waals surface area contributed by atoms with Crippen LogP contribution in [0.4, 0.5) is 10.1 Å². The minimum Gasteiger partial charge on any atom is -0.388 e. The van der Waals surface area contributed by atoms with Crippen LogP contribution in [0.25, 0.3) is 0 Å². The van der Waals surface area contributed by atoms with Gasteiger partial charge in [0.15, 0.2) is 0 Å². The van der Waals surface area contributed by atoms with E-state index in [0.717, 1.165) is 0 Å². The number of ether oxygens (including phenoxy) is 1. The van der Waals surface area contributed by atoms with Gasteiger partial charge in [-0.15, -0.1) is 0 Å². The number of anilines is 1. The Morgan fingerprint density at radius 3 is 2.85 bits per heavy atom. The number of carbonyl (C=O) groups excluding carboxylic acids is 1. The molecule has 0 spiro atoms. The number of aliphatic hydroxyl groups is 1. The molecule has 0 radical (unpaired) electrons. The first-order valence-electron chi connectivity index (χ1n) is 6.64. The quantitative estimate of drug-likeness (QED) is 0.750. The Kier molecular flexibility index (Phi) is 5.05. The third-order valence-electron chi connectivity index (χ3n) is 3.27. The zero-order valence-corrected chi connectivity index (χ0v) is 11.2. The molecule has 1 aromatic carbocycles. The van der Waals surface area contributed by atoms with Crippen LogP contribution in [0.2, 0.25) is 0 Å². The number of carbonyl (C=O) groups is 1. The first kappa shape index (κ1) is 14.9. The van der Waals surface area contributed by atoms with E-state index in [1.54, 1.807) is 6.07 Å². The second kappa shape index (κ2) is 6.78. The average Bonchev–Trinajstić information content (AvgIpc) is 2.39. The van der Waals surface area contributed by atoms with Crippen molar-refractivity contribution in [1.82, 2.24) is 5.32 Å². The van der Waals surface area contributed by atoms with Gasteiger partial charge in [0.2, 0.25) is 5.91 Å². The van der Waals surface area contributed by atoms with Gasteiger partial charge in [-0.05, 0) is 18.2 Å². The van der Waals surface area contributed by atoms with Gasteiger partial charge in [-0.25, -0.2) is 4.39 Å². The summed E-state index contributed by atoms with van der Waals surface area (Å²) in [7, 11) is 0. The fourth-order valence-electron chi connectivity index (χ4n) is 2.11. The van der Waals surface area contributed by atoms with Crippen molar-refractivity contribution in [2.45, 2.75) is 18.4 Å². The topological polar surface area (TPSA) is 70.6 Å². The lowest BCUT2D eigenvalue weighted by atomic mass is 9.94. The number of amides is 1. The van der Waals surface area contributed by atoms with Gasteiger partial charge in [0.25, 0.3) is 0 Å². The highest BCUT2D eigenvalue weighted by Gasteiger charge is 2.29. The average molecular weight is 282 g/mol. The molecule has 0 bridgehead atoms. The predicted octanol–water partition coefficient (Wildman–Crippen LogP) is 0.895. The fraction of sp³-hybridized carbons (Fsp3) is 0.500. The molecule has 1 aliphatic rings. The Hall–Kier alpha value is -1.50. The maximum absolute atomic E-state index is 13.0. The van der Waals surface area contributed by atoms with Crippen LogP contribution < -0.4 is 10.6 Å². The molecule has 6 heteroatoms. The molecule has 0 aliphatic carbocycles. The van der Waals surface area contributed by atoms with Crippen LogP contribution in [0, 0.1) is 5.82 Å². The second-order valence-electron chi connectivity index (χ2n) is 5.00. The molecule has 1 aromatic rings. The highest BCUT2D eigenvalue weighted by molar-refractivity contribution is 5.92. The van der Waals surface area contributed by atoms with E-state index >= 15 is 0 Å². The molecule has 0 aromatic heterocycles. The van der Waals surface area contributed by atoms with Crippen LogP contribution in [0.3, 0.4) is 0 Å². The lowest BCUT2D eigenvalue weighted by Gasteiger charge is -2.32. The largest absolute Gasteiger partial charge is 0.388 e. The number of hydrogen-bond donors (Lipinski definition) is 3. The first-order valence-corrected chi connectivity index (χ1v) is 6.64. The van der Waals surface area contributed by atoms with Crippen molar-refractivity contribution in [3.05, 3.63) is 30.1 Å². The molecule has 5 nitrogen and oxygen atoms in total. The normalized spacial score (nSPS) is 17.7. The molecule has 1 saturated heterocycles. The van der Waals surface area contributed by atoms with Crippen LogP contribution in [0.15, 0.2) is 24.3 Å². The van der Waals surface area contributed by atoms with Crippen molar-refractivity contribution >= 4 is 11.6 Å². The summed E-state index contributed by atoms with van der Waals surface area (Å²) in [5.74, 6) is -0.668. The zero-order chi connectivity index (χ0) is 14.4. The van der Waals surface area contributed by atoms with Gasteiger partial charge < -0.3 is 20.5 Å². The summed E-state index contributed by atoms with van der Waals surface area (Å²) >= 11 is 0. The van der Waals surface area contributed by atoms with E-state index in [1.165, 1.54) is 18.2 Å². The lowest BCUT2D eigenvalue weighted by molar-refractivity contribution is -0.115. The van der Waals surface area contributed by atoms with Gasteiger partial charge in [-0.2, -0.15) is 0 Å². The van der Waals surface area contributed by atoms with Gasteiger partial charge in [-0.1, -0.05) is 6.07 Å². The number of nitrogens with one attached hydrogen (secondary N) is 2. The lowest BCUT2D eigenvalue weighted by Crippen LogP contribution is -2.46. The Labute approximate surface area is 117 Å². The fourth-order valence-corrected chi connectivity index (χ4v) is 2.11. The highest BCUT2D eigenvalue weighted by atomic mass is 19.1. The molecule has 0 atom stereocenters. The molecule has 20 heavy (non-hydrogen) atoms. The van der Waals surface area contributed by atoms with E-state index in [0.29, 0.717) is 38.3 Å². The highest BCUT2D eigenvalue weighted by Crippen LogP contribution is 2.19. The van der Waals surface area contributed by atoms with Crippen LogP contribution in [0.1, 0.15) is 12.8 Å². The van der Waals surface area contributed by atoms with E-state index in [-0.39, 0.29) is 12.5 Å². The molecular formula is C14H19FN2O3. The van der Waals surface area contributed by atoms with Gasteiger partial charge in [0.05, 0.1) is 12.1 Å². The van der Waals surface area contributed by atoms with Crippen molar-refractivity contribution in [2.75, 3.05) is 31.6 Å². The van der Waals surface area contributed by atoms with Crippen molar-refractivity contribution in [3.8, 4) is 0 Å². The maximum Gasteiger partial charge on any atom is 0.238 e. The molecule has 1 fully saturated rings. The standard InChI is InChI=1S/C14H19FN2O3/c15-11-2-1-3-12(8-11)17-13(18)9-16-10-14(19)4-6-20-7-5-14/h1-3,8,16,19H,4-7,9-10H2,(H,17,18). The molecule has 1 heterocycles. The molecule has 110 valence electrons. The molecule has 0 unspecified atom stereocenters. The Balaban J connectivity index is 1.72. The smallest absolute Gasteiger partial charge is 0.238 e. The molecule has 2 rings (SSSR count). The Bertz CT molecular complexity index is 461. The van der Waals surface area contributed by atoms with E-state index in [1.807, 2.05) is 0 Å². The van der Waals surface area contributed by atoms with Crippen molar-refractivity contribution in [1.29, 1.82) is 0 Å². The minimum absolute atomic E-state index is 0.0691. The van der Waals surface area contributed by atoms with Crippen LogP contribution in [-0.2, 0) is 9.53 Å². The third kappa shape index (κ3) is 4.56. The second-order valence-corrected chi connectivity index (χ2v) is 5.00. The summed E-state index contributed by atoms with van der Waals surface area (Å²) in [5, 5.41) is 15.7. The summed E-state index contributed by atoms with van der Waals surface area (Å²) in [6.45, 7) is 1.48. The van der Waals surface area contributed by atoms with Gasteiger partial charge in [0, 0.05) is 38.3 Å². The number of benzene rings is 1. The summed E-state index contributed by atoms with van der Waals surface area (Å²) in [4.78, 5) is 11.7. The van der Waals surface area contributed by atoms with Crippen LogP contribution in [0.5, 0.6) is 0 Å². The first-order chi connectivity index (χ1) is 9.57. The number of halogens is 1. The summed E-state index contributed by atoms with van der Waals surface area (Å²) < 4.78 is 18.1. The van der Waals surface area contributed by atoms with E-state index < -0.39 is 11.4 Å². The summed E-state index contributed by atoms with van der Waals surface area (Å²) in [6.07, 6.45) is 1.12. The van der Waals surface area contributed by atoms with E-state index in [4.69, 9.17) is 4.74 Å². The summed E-state index contributed by atoms with van der Waals surface area (Å²) in [6, 6.07) is 5.72. The van der Waals surface area contributed by atoms with Gasteiger partial charge >= 0.3 is 0 Å². The van der Waals surface area contributed by atoms with Crippen LogP contribution >= 0.6 is 0 Å². The number of hydrogen-bond acceptors (Lipinski definition) is 4. The SMILES string of the molecule is O=C(CNCC1(O)CCOCC1)Nc1cccc(F)c1. The van der Waals surface area contributed by atoms with Crippen LogP contribution in [-0.4, -0.2) is 42.9 Å². The zero-order valence-electron chi connectivity index (χ0n) is 11.2. The molecule has 1 amide bonds. The molecule has 1 aliphatic heterocycles. The van der Waals surface area contributed by atoms with E-state index in [9.17, 15) is 14.3 Å². The van der Waals surface area contributed by atoms with Gasteiger partial charge in [0.1, 0.15) is 5.82 Å². The monoisotopic (exact) mass is 282 g/mol. The molecular weight excluding hydrogens is 263 g/mol. The Morgan fingerprint density at radius 2 is 2.15 bits per heavy atom. The Morgan fingerprint density at radius 1 is 1.40 bits per heavy atom. The van der Waals surface area contributed by atoms with Crippen molar-refractivity contribution in [2.24, 2.45) is 0 Å². The predicted molar refractivity (Wildman–Crippen MR) is 72.9 cm³/mol. The van der Waals surface area contributed by atoms with E-state index in [2.05, 4.69) is 10.6 Å². The summed E-state index contributed by atoms with van der Waals surface area (Å²) in [5.41, 5.74) is -0.390. The molecule has 0 saturated carbocycles. The minimum atomic E-state index is -0.808. The van der Waals surface area contributed by atoms with Crippen molar-refractivity contribution < 1.29 is 19.0 Å². The van der Waals surface area contributed by atoms with Crippen molar-refractivity contribution in [3.63, 3.8) is 0 Å². The third-order valence-corrected chi connectivity index (χ3v) is 3.27. The maximum atomic E-state index is 13.0. The van der Waals surface area contributed by atoms with Gasteiger partial charge in [-0.3, -0.25) is 4.79 Å². The molecule has 3 N–H and O–H groups in total.